The highest BCUT2D eigenvalue weighted by Crippen LogP contribution is 2.30. The van der Waals surface area contributed by atoms with Gasteiger partial charge in [0.15, 0.2) is 0 Å². The van der Waals surface area contributed by atoms with E-state index < -0.39 is 0 Å². The van der Waals surface area contributed by atoms with Crippen molar-refractivity contribution in [3.05, 3.63) is 64.3 Å². The van der Waals surface area contributed by atoms with Crippen LogP contribution in [-0.2, 0) is 0 Å². The highest BCUT2D eigenvalue weighted by atomic mass is 35.5. The van der Waals surface area contributed by atoms with Crippen molar-refractivity contribution < 1.29 is 0 Å². The van der Waals surface area contributed by atoms with Gasteiger partial charge in [0.25, 0.3) is 0 Å². The Labute approximate surface area is 173 Å². The van der Waals surface area contributed by atoms with Crippen LogP contribution in [0, 0.1) is 5.92 Å². The molecule has 1 N–H and O–H groups in total. The molecule has 0 saturated heterocycles. The van der Waals surface area contributed by atoms with Gasteiger partial charge in [-0.15, -0.1) is 11.3 Å². The van der Waals surface area contributed by atoms with E-state index in [0.29, 0.717) is 0 Å². The maximum Gasteiger partial charge on any atom is 0.0519 e. The minimum Gasteiger partial charge on any atom is -0.388 e. The zero-order chi connectivity index (χ0) is 19.6. The van der Waals surface area contributed by atoms with E-state index in [1.165, 1.54) is 37.0 Å². The molecular formula is C23H31ClN2S. The average molecular weight is 403 g/mol. The predicted molar refractivity (Wildman–Crippen MR) is 124 cm³/mol. The van der Waals surface area contributed by atoms with Crippen molar-refractivity contribution >= 4 is 40.4 Å². The fourth-order valence-corrected chi connectivity index (χ4v) is 4.24. The number of hydrogen-bond acceptors (Lipinski definition) is 3. The SMILES string of the molecule is C=C(c1ccc(NC)cc1Cl)N(C)CC1CCCCC1.C=Cc1cccs1. The number of nitrogens with one attached hydrogen (secondary N) is 1. The lowest BCUT2D eigenvalue weighted by Gasteiger charge is -2.30. The van der Waals surface area contributed by atoms with E-state index in [0.717, 1.165) is 34.4 Å². The first-order chi connectivity index (χ1) is 13.0. The van der Waals surface area contributed by atoms with Crippen LogP contribution in [0.3, 0.4) is 0 Å². The van der Waals surface area contributed by atoms with Crippen molar-refractivity contribution in [2.75, 3.05) is 26.0 Å². The van der Waals surface area contributed by atoms with Gasteiger partial charge >= 0.3 is 0 Å². The van der Waals surface area contributed by atoms with Crippen LogP contribution < -0.4 is 5.32 Å². The largest absolute Gasteiger partial charge is 0.388 e. The Morgan fingerprint density at radius 3 is 2.56 bits per heavy atom. The molecule has 0 aliphatic heterocycles. The lowest BCUT2D eigenvalue weighted by atomic mass is 9.89. The van der Waals surface area contributed by atoms with Crippen LogP contribution >= 0.6 is 22.9 Å². The van der Waals surface area contributed by atoms with Gasteiger partial charge in [0.2, 0.25) is 0 Å². The van der Waals surface area contributed by atoms with Crippen molar-refractivity contribution in [3.8, 4) is 0 Å². The summed E-state index contributed by atoms with van der Waals surface area (Å²) in [7, 11) is 4.02. The Balaban J connectivity index is 0.000000313. The summed E-state index contributed by atoms with van der Waals surface area (Å²) in [5, 5.41) is 5.90. The predicted octanol–water partition coefficient (Wildman–Crippen LogP) is 7.26. The number of halogens is 1. The molecule has 0 radical (unpaired) electrons. The number of hydrogen-bond donors (Lipinski definition) is 1. The highest BCUT2D eigenvalue weighted by molar-refractivity contribution is 7.10. The zero-order valence-electron chi connectivity index (χ0n) is 16.5. The summed E-state index contributed by atoms with van der Waals surface area (Å²) in [6.45, 7) is 8.93. The molecule has 1 aliphatic carbocycles. The summed E-state index contributed by atoms with van der Waals surface area (Å²) in [6.07, 6.45) is 8.71. The molecule has 0 unspecified atom stereocenters. The monoisotopic (exact) mass is 402 g/mol. The van der Waals surface area contributed by atoms with Crippen LogP contribution in [0.15, 0.2) is 48.9 Å². The van der Waals surface area contributed by atoms with E-state index in [1.54, 1.807) is 11.3 Å². The smallest absolute Gasteiger partial charge is 0.0519 e. The van der Waals surface area contributed by atoms with Gasteiger partial charge in [0, 0.05) is 42.5 Å². The lowest BCUT2D eigenvalue weighted by Crippen LogP contribution is -2.25. The van der Waals surface area contributed by atoms with Gasteiger partial charge in [-0.1, -0.05) is 56.2 Å². The third-order valence-electron chi connectivity index (χ3n) is 5.03. The van der Waals surface area contributed by atoms with Crippen LogP contribution in [0.2, 0.25) is 5.02 Å². The summed E-state index contributed by atoms with van der Waals surface area (Å²) >= 11 is 8.07. The first-order valence-corrected chi connectivity index (χ1v) is 10.8. The van der Waals surface area contributed by atoms with Crippen LogP contribution in [0.5, 0.6) is 0 Å². The summed E-state index contributed by atoms with van der Waals surface area (Å²) in [4.78, 5) is 3.50. The standard InChI is InChI=1S/C17H25ClN2.C6H6S/c1-13(16-10-9-15(19-2)11-17(16)18)20(3)12-14-7-5-4-6-8-14;1-2-6-4-3-5-7-6/h9-11,14,19H,1,4-8,12H2,2-3H3;2-5H,1H2. The molecule has 1 aromatic carbocycles. The number of benzene rings is 1. The first kappa shape index (κ1) is 21.6. The van der Waals surface area contributed by atoms with Crippen molar-refractivity contribution in [1.82, 2.24) is 4.90 Å². The fourth-order valence-electron chi connectivity index (χ4n) is 3.38. The second-order valence-electron chi connectivity index (χ2n) is 7.00. The molecule has 0 atom stereocenters. The molecular weight excluding hydrogens is 372 g/mol. The van der Waals surface area contributed by atoms with E-state index in [2.05, 4.69) is 30.4 Å². The molecule has 2 aromatic rings. The Hall–Kier alpha value is -1.71. The van der Waals surface area contributed by atoms with Gasteiger partial charge in [-0.25, -0.2) is 0 Å². The Morgan fingerprint density at radius 1 is 1.30 bits per heavy atom. The number of nitrogens with zero attached hydrogens (tertiary/aromatic N) is 1. The van der Waals surface area contributed by atoms with Crippen LogP contribution in [-0.4, -0.2) is 25.5 Å². The second-order valence-corrected chi connectivity index (χ2v) is 8.38. The maximum atomic E-state index is 6.36. The molecule has 0 bridgehead atoms. The van der Waals surface area contributed by atoms with E-state index >= 15 is 0 Å². The summed E-state index contributed by atoms with van der Waals surface area (Å²) in [6, 6.07) is 10.1. The first-order valence-electron chi connectivity index (χ1n) is 9.58. The van der Waals surface area contributed by atoms with Crippen molar-refractivity contribution in [3.63, 3.8) is 0 Å². The van der Waals surface area contributed by atoms with Gasteiger partial charge in [0.05, 0.1) is 5.02 Å². The molecule has 4 heteroatoms. The second kappa shape index (κ2) is 11.2. The molecule has 1 heterocycles. The fraction of sp³-hybridized carbons (Fsp3) is 0.391. The van der Waals surface area contributed by atoms with Gasteiger partial charge in [-0.3, -0.25) is 0 Å². The minimum absolute atomic E-state index is 0.761. The van der Waals surface area contributed by atoms with Gasteiger partial charge in [0.1, 0.15) is 0 Å². The molecule has 1 saturated carbocycles. The third-order valence-corrected chi connectivity index (χ3v) is 6.21. The van der Waals surface area contributed by atoms with E-state index in [9.17, 15) is 0 Å². The topological polar surface area (TPSA) is 15.3 Å². The maximum absolute atomic E-state index is 6.36. The van der Waals surface area contributed by atoms with Crippen molar-refractivity contribution in [1.29, 1.82) is 0 Å². The van der Waals surface area contributed by atoms with Crippen LogP contribution in [0.4, 0.5) is 5.69 Å². The Morgan fingerprint density at radius 2 is 2.04 bits per heavy atom. The van der Waals surface area contributed by atoms with E-state index in [1.807, 2.05) is 48.8 Å². The molecule has 0 spiro atoms. The number of thiophene rings is 1. The quantitative estimate of drug-likeness (QED) is 0.547. The van der Waals surface area contributed by atoms with Gasteiger partial charge < -0.3 is 10.2 Å². The Bertz CT molecular complexity index is 718. The third kappa shape index (κ3) is 6.75. The zero-order valence-corrected chi connectivity index (χ0v) is 18.1. The normalized spacial score (nSPS) is 14.0. The summed E-state index contributed by atoms with van der Waals surface area (Å²) in [5.41, 5.74) is 3.08. The highest BCUT2D eigenvalue weighted by Gasteiger charge is 2.17. The molecule has 146 valence electrons. The van der Waals surface area contributed by atoms with Gasteiger partial charge in [-0.05, 0) is 48.4 Å². The molecule has 27 heavy (non-hydrogen) atoms. The number of rotatable bonds is 6. The lowest BCUT2D eigenvalue weighted by molar-refractivity contribution is 0.289. The molecule has 0 amide bonds. The minimum atomic E-state index is 0.761. The van der Waals surface area contributed by atoms with E-state index in [-0.39, 0.29) is 0 Å². The molecule has 1 aromatic heterocycles. The molecule has 2 nitrogen and oxygen atoms in total. The van der Waals surface area contributed by atoms with Crippen LogP contribution in [0.25, 0.3) is 11.8 Å². The van der Waals surface area contributed by atoms with Crippen molar-refractivity contribution in [2.24, 2.45) is 5.92 Å². The summed E-state index contributed by atoms with van der Waals surface area (Å²) in [5.74, 6) is 0.806. The average Bonchev–Trinajstić information content (AvgIpc) is 3.22. The molecule has 1 aliphatic rings. The van der Waals surface area contributed by atoms with E-state index in [4.69, 9.17) is 11.6 Å². The van der Waals surface area contributed by atoms with Gasteiger partial charge in [-0.2, -0.15) is 0 Å². The van der Waals surface area contributed by atoms with Crippen LogP contribution in [0.1, 0.15) is 42.5 Å². The number of anilines is 1. The summed E-state index contributed by atoms with van der Waals surface area (Å²) < 4.78 is 0. The Kier molecular flexibility index (Phi) is 8.96. The molecule has 1 fully saturated rings. The molecule has 3 rings (SSSR count). The van der Waals surface area contributed by atoms with Crippen molar-refractivity contribution in [2.45, 2.75) is 32.1 Å².